The molecule has 2 amide bonds. The van der Waals surface area contributed by atoms with Gasteiger partial charge in [0.15, 0.2) is 0 Å². The van der Waals surface area contributed by atoms with Crippen LogP contribution in [0.4, 0.5) is 0 Å². The summed E-state index contributed by atoms with van der Waals surface area (Å²) in [5.74, 6) is 0.220. The minimum absolute atomic E-state index is 0.109. The van der Waals surface area contributed by atoms with Gasteiger partial charge in [0.2, 0.25) is 11.8 Å². The lowest BCUT2D eigenvalue weighted by Gasteiger charge is -2.27. The van der Waals surface area contributed by atoms with Crippen molar-refractivity contribution in [2.24, 2.45) is 11.7 Å². The van der Waals surface area contributed by atoms with Gasteiger partial charge in [0.05, 0.1) is 0 Å². The third-order valence-corrected chi connectivity index (χ3v) is 3.82. The monoisotopic (exact) mass is 239 g/mol. The van der Waals surface area contributed by atoms with Crippen LogP contribution in [0.1, 0.15) is 32.1 Å². The van der Waals surface area contributed by atoms with Gasteiger partial charge in [0.1, 0.15) is 6.04 Å². The number of hydrogen-bond acceptors (Lipinski definition) is 3. The number of primary amides is 1. The van der Waals surface area contributed by atoms with E-state index in [9.17, 15) is 9.59 Å². The number of hydrogen-bond donors (Lipinski definition) is 2. The summed E-state index contributed by atoms with van der Waals surface area (Å²) < 4.78 is 0. The molecule has 5 nitrogen and oxygen atoms in total. The highest BCUT2D eigenvalue weighted by molar-refractivity contribution is 5.87. The Hall–Kier alpha value is -1.10. The molecular weight excluding hydrogens is 218 g/mol. The second kappa shape index (κ2) is 5.49. The highest BCUT2D eigenvalue weighted by atomic mass is 16.2. The van der Waals surface area contributed by atoms with Crippen LogP contribution in [-0.2, 0) is 9.59 Å². The lowest BCUT2D eigenvalue weighted by Crippen LogP contribution is -2.44. The van der Waals surface area contributed by atoms with Crippen LogP contribution in [0, 0.1) is 5.92 Å². The first-order valence-electron chi connectivity index (χ1n) is 6.48. The Morgan fingerprint density at radius 1 is 1.24 bits per heavy atom. The van der Waals surface area contributed by atoms with Crippen molar-refractivity contribution >= 4 is 11.8 Å². The maximum Gasteiger partial charge on any atom is 0.240 e. The maximum atomic E-state index is 12.1. The maximum absolute atomic E-state index is 12.1. The highest BCUT2D eigenvalue weighted by Gasteiger charge is 2.33. The summed E-state index contributed by atoms with van der Waals surface area (Å²) in [4.78, 5) is 25.0. The van der Waals surface area contributed by atoms with Gasteiger partial charge in [-0.1, -0.05) is 0 Å². The molecule has 0 aromatic heterocycles. The van der Waals surface area contributed by atoms with Gasteiger partial charge in [-0.25, -0.2) is 0 Å². The first kappa shape index (κ1) is 12.4. The molecule has 5 heteroatoms. The molecule has 96 valence electrons. The molecule has 2 aliphatic heterocycles. The zero-order valence-corrected chi connectivity index (χ0v) is 10.2. The molecular formula is C12H21N3O2. The minimum Gasteiger partial charge on any atom is -0.368 e. The average molecular weight is 239 g/mol. The first-order chi connectivity index (χ1) is 8.18. The molecule has 0 aliphatic carbocycles. The number of piperidine rings is 1. The molecule has 2 aliphatic rings. The largest absolute Gasteiger partial charge is 0.368 e. The molecule has 0 radical (unpaired) electrons. The molecule has 2 saturated heterocycles. The van der Waals surface area contributed by atoms with E-state index < -0.39 is 0 Å². The Bertz CT molecular complexity index is 300. The Morgan fingerprint density at radius 2 is 1.94 bits per heavy atom. The lowest BCUT2D eigenvalue weighted by molar-refractivity contribution is -0.138. The van der Waals surface area contributed by atoms with Crippen molar-refractivity contribution < 1.29 is 9.59 Å². The Kier molecular flexibility index (Phi) is 3.99. The third kappa shape index (κ3) is 2.97. The number of nitrogens with zero attached hydrogens (tertiary/aromatic N) is 1. The number of nitrogens with two attached hydrogens (primary N) is 1. The molecule has 0 saturated carbocycles. The highest BCUT2D eigenvalue weighted by Crippen LogP contribution is 2.22. The SMILES string of the molecule is NC(=O)C1CCCN1C(=O)CC1CCNCC1. The summed E-state index contributed by atoms with van der Waals surface area (Å²) in [6.45, 7) is 2.69. The van der Waals surface area contributed by atoms with Crippen molar-refractivity contribution in [2.75, 3.05) is 19.6 Å². The summed E-state index contributed by atoms with van der Waals surface area (Å²) in [6, 6.07) is -0.357. The zero-order valence-electron chi connectivity index (χ0n) is 10.2. The number of carbonyl (C=O) groups excluding carboxylic acids is 2. The third-order valence-electron chi connectivity index (χ3n) is 3.82. The molecule has 0 aromatic rings. The van der Waals surface area contributed by atoms with Crippen LogP contribution in [0.5, 0.6) is 0 Å². The second-order valence-electron chi connectivity index (χ2n) is 5.05. The standard InChI is InChI=1S/C12H21N3O2/c13-12(17)10-2-1-7-15(10)11(16)8-9-3-5-14-6-4-9/h9-10,14H,1-8H2,(H2,13,17). The van der Waals surface area contributed by atoms with Crippen molar-refractivity contribution in [2.45, 2.75) is 38.1 Å². The fourth-order valence-electron chi connectivity index (χ4n) is 2.81. The van der Waals surface area contributed by atoms with Crippen molar-refractivity contribution in [3.8, 4) is 0 Å². The van der Waals surface area contributed by atoms with Gasteiger partial charge in [-0.05, 0) is 44.7 Å². The molecule has 2 rings (SSSR count). The van der Waals surface area contributed by atoms with Crippen molar-refractivity contribution in [1.82, 2.24) is 10.2 Å². The topological polar surface area (TPSA) is 75.4 Å². The quantitative estimate of drug-likeness (QED) is 0.719. The second-order valence-corrected chi connectivity index (χ2v) is 5.05. The van der Waals surface area contributed by atoms with E-state index in [1.165, 1.54) is 0 Å². The van der Waals surface area contributed by atoms with E-state index in [4.69, 9.17) is 5.73 Å². The average Bonchev–Trinajstić information content (AvgIpc) is 2.79. The first-order valence-corrected chi connectivity index (χ1v) is 6.48. The van der Waals surface area contributed by atoms with E-state index in [0.717, 1.165) is 38.8 Å². The van der Waals surface area contributed by atoms with Crippen LogP contribution in [0.25, 0.3) is 0 Å². The number of amides is 2. The molecule has 2 heterocycles. The van der Waals surface area contributed by atoms with Crippen molar-refractivity contribution in [1.29, 1.82) is 0 Å². The van der Waals surface area contributed by atoms with Crippen molar-refractivity contribution in [3.05, 3.63) is 0 Å². The van der Waals surface area contributed by atoms with Gasteiger partial charge in [0.25, 0.3) is 0 Å². The molecule has 0 aromatic carbocycles. The fourth-order valence-corrected chi connectivity index (χ4v) is 2.81. The zero-order chi connectivity index (χ0) is 12.3. The molecule has 17 heavy (non-hydrogen) atoms. The lowest BCUT2D eigenvalue weighted by atomic mass is 9.94. The Labute approximate surface area is 102 Å². The normalized spacial score (nSPS) is 26.1. The van der Waals surface area contributed by atoms with Gasteiger partial charge in [-0.3, -0.25) is 9.59 Å². The molecule has 0 spiro atoms. The van der Waals surface area contributed by atoms with Gasteiger partial charge in [-0.15, -0.1) is 0 Å². The summed E-state index contributed by atoms with van der Waals surface area (Å²) in [5, 5.41) is 3.29. The predicted octanol–water partition coefficient (Wildman–Crippen LogP) is -0.148. The Morgan fingerprint density at radius 3 is 2.59 bits per heavy atom. The van der Waals surface area contributed by atoms with E-state index in [-0.39, 0.29) is 17.9 Å². The number of rotatable bonds is 3. The summed E-state index contributed by atoms with van der Waals surface area (Å²) in [5.41, 5.74) is 5.32. The van der Waals surface area contributed by atoms with Crippen LogP contribution in [-0.4, -0.2) is 42.4 Å². The number of likely N-dealkylation sites (tertiary alicyclic amines) is 1. The van der Waals surface area contributed by atoms with Gasteiger partial charge in [0, 0.05) is 13.0 Å². The number of carbonyl (C=O) groups is 2. The van der Waals surface area contributed by atoms with E-state index in [1.807, 2.05) is 0 Å². The fraction of sp³-hybridized carbons (Fsp3) is 0.833. The van der Waals surface area contributed by atoms with E-state index in [2.05, 4.69) is 5.32 Å². The van der Waals surface area contributed by atoms with E-state index in [1.54, 1.807) is 4.90 Å². The predicted molar refractivity (Wildman–Crippen MR) is 64.1 cm³/mol. The van der Waals surface area contributed by atoms with Crippen LogP contribution < -0.4 is 11.1 Å². The molecule has 2 fully saturated rings. The van der Waals surface area contributed by atoms with Crippen molar-refractivity contribution in [3.63, 3.8) is 0 Å². The van der Waals surface area contributed by atoms with Crippen LogP contribution >= 0.6 is 0 Å². The summed E-state index contributed by atoms with van der Waals surface area (Å²) in [6.07, 6.45) is 4.31. The van der Waals surface area contributed by atoms with Crippen LogP contribution in [0.3, 0.4) is 0 Å². The molecule has 1 atom stereocenters. The minimum atomic E-state index is -0.360. The molecule has 0 bridgehead atoms. The van der Waals surface area contributed by atoms with Crippen LogP contribution in [0.2, 0.25) is 0 Å². The van der Waals surface area contributed by atoms with Crippen LogP contribution in [0.15, 0.2) is 0 Å². The summed E-state index contributed by atoms with van der Waals surface area (Å²) in [7, 11) is 0. The molecule has 3 N–H and O–H groups in total. The van der Waals surface area contributed by atoms with Gasteiger partial charge in [-0.2, -0.15) is 0 Å². The van der Waals surface area contributed by atoms with E-state index in [0.29, 0.717) is 18.9 Å². The number of nitrogens with one attached hydrogen (secondary N) is 1. The van der Waals surface area contributed by atoms with E-state index >= 15 is 0 Å². The Balaban J connectivity index is 1.88. The smallest absolute Gasteiger partial charge is 0.240 e. The molecule has 1 unspecified atom stereocenters. The summed E-state index contributed by atoms with van der Waals surface area (Å²) >= 11 is 0. The van der Waals surface area contributed by atoms with Gasteiger partial charge >= 0.3 is 0 Å². The van der Waals surface area contributed by atoms with Gasteiger partial charge < -0.3 is 16.0 Å².